The van der Waals surface area contributed by atoms with Gasteiger partial charge in [-0.1, -0.05) is 42.5 Å². The zero-order valence-electron chi connectivity index (χ0n) is 16.8. The number of carbonyl (C=O) groups excluding carboxylic acids is 1. The van der Waals surface area contributed by atoms with Crippen LogP contribution in [0.4, 0.5) is 4.39 Å². The number of aromatic nitrogens is 4. The number of fused-ring (bicyclic) bond motifs is 3. The molecule has 3 aromatic carbocycles. The molecule has 0 unspecified atom stereocenters. The molecule has 32 heavy (non-hydrogen) atoms. The van der Waals surface area contributed by atoms with Crippen molar-refractivity contribution in [2.45, 2.75) is 13.1 Å². The Labute approximate surface area is 180 Å². The average Bonchev–Trinajstić information content (AvgIpc) is 3.13. The van der Waals surface area contributed by atoms with E-state index < -0.39 is 17.3 Å². The van der Waals surface area contributed by atoms with Crippen LogP contribution in [0.5, 0.6) is 0 Å². The van der Waals surface area contributed by atoms with E-state index in [4.69, 9.17) is 0 Å². The molecule has 0 saturated carbocycles. The molecule has 7 nitrogen and oxygen atoms in total. The fraction of sp³-hybridized carbons (Fsp3) is 0.0833. The molecule has 5 aromatic rings. The number of ketones is 1. The summed E-state index contributed by atoms with van der Waals surface area (Å²) in [6, 6.07) is 21.3. The van der Waals surface area contributed by atoms with E-state index >= 15 is 0 Å². The van der Waals surface area contributed by atoms with E-state index in [1.807, 2.05) is 30.3 Å². The van der Waals surface area contributed by atoms with Gasteiger partial charge in [0, 0.05) is 5.56 Å². The first-order valence-corrected chi connectivity index (χ1v) is 9.97. The third-order valence-corrected chi connectivity index (χ3v) is 5.33. The highest BCUT2D eigenvalue weighted by Gasteiger charge is 2.19. The van der Waals surface area contributed by atoms with Gasteiger partial charge in [0.05, 0.1) is 17.4 Å². The van der Waals surface area contributed by atoms with E-state index in [-0.39, 0.29) is 30.0 Å². The molecule has 0 aliphatic carbocycles. The molecule has 0 radical (unpaired) electrons. The number of hydrogen-bond donors (Lipinski definition) is 0. The van der Waals surface area contributed by atoms with Crippen molar-refractivity contribution in [1.82, 2.24) is 18.7 Å². The first-order valence-electron chi connectivity index (χ1n) is 9.97. The Morgan fingerprint density at radius 3 is 2.31 bits per heavy atom. The molecule has 5 rings (SSSR count). The molecule has 0 saturated heterocycles. The Kier molecular flexibility index (Phi) is 4.74. The summed E-state index contributed by atoms with van der Waals surface area (Å²) in [6.07, 6.45) is 0. The van der Waals surface area contributed by atoms with Gasteiger partial charge in [-0.15, -0.1) is 5.10 Å². The van der Waals surface area contributed by atoms with Crippen LogP contribution in [0.2, 0.25) is 0 Å². The van der Waals surface area contributed by atoms with Gasteiger partial charge in [-0.2, -0.15) is 0 Å². The summed E-state index contributed by atoms with van der Waals surface area (Å²) in [4.78, 5) is 39.1. The fourth-order valence-electron chi connectivity index (χ4n) is 3.74. The quantitative estimate of drug-likeness (QED) is 0.403. The minimum Gasteiger partial charge on any atom is -0.292 e. The summed E-state index contributed by atoms with van der Waals surface area (Å²) < 4.78 is 17.0. The molecular weight excluding hydrogens is 411 g/mol. The van der Waals surface area contributed by atoms with Gasteiger partial charge in [-0.25, -0.2) is 18.3 Å². The zero-order chi connectivity index (χ0) is 22.2. The number of halogens is 1. The molecule has 0 bridgehead atoms. The number of benzene rings is 3. The molecule has 0 amide bonds. The van der Waals surface area contributed by atoms with Crippen molar-refractivity contribution in [2.24, 2.45) is 0 Å². The largest absolute Gasteiger partial charge is 0.352 e. The van der Waals surface area contributed by atoms with Gasteiger partial charge >= 0.3 is 5.69 Å². The van der Waals surface area contributed by atoms with Crippen LogP contribution in [0.1, 0.15) is 15.9 Å². The molecule has 8 heteroatoms. The second kappa shape index (κ2) is 7.73. The van der Waals surface area contributed by atoms with E-state index in [0.717, 1.165) is 10.2 Å². The number of para-hydroxylation sites is 1. The van der Waals surface area contributed by atoms with Crippen molar-refractivity contribution in [1.29, 1.82) is 0 Å². The molecule has 0 fully saturated rings. The molecule has 0 atom stereocenters. The predicted octanol–water partition coefficient (Wildman–Crippen LogP) is 2.88. The maximum absolute atomic E-state index is 13.2. The minimum absolute atomic E-state index is 0.148. The molecule has 2 heterocycles. The Morgan fingerprint density at radius 2 is 1.56 bits per heavy atom. The Hall–Kier alpha value is -4.33. The van der Waals surface area contributed by atoms with Gasteiger partial charge in [-0.3, -0.25) is 14.2 Å². The van der Waals surface area contributed by atoms with Crippen molar-refractivity contribution >= 4 is 22.5 Å². The normalized spacial score (nSPS) is 11.3. The lowest BCUT2D eigenvalue weighted by Crippen LogP contribution is -2.27. The van der Waals surface area contributed by atoms with Gasteiger partial charge in [0.15, 0.2) is 5.78 Å². The molecule has 2 aromatic heterocycles. The fourth-order valence-corrected chi connectivity index (χ4v) is 3.74. The molecule has 158 valence electrons. The highest BCUT2D eigenvalue weighted by atomic mass is 19.1. The van der Waals surface area contributed by atoms with Crippen LogP contribution >= 0.6 is 0 Å². The summed E-state index contributed by atoms with van der Waals surface area (Å²) in [6.45, 7) is -0.115. The number of carbonyl (C=O) groups is 1. The SMILES string of the molecule is O=C(Cn1nc2n(Cc3ccccc3)c(=O)c3ccccc3n2c1=O)c1ccc(F)cc1. The van der Waals surface area contributed by atoms with Gasteiger partial charge < -0.3 is 0 Å². The van der Waals surface area contributed by atoms with Gasteiger partial charge in [0.2, 0.25) is 5.78 Å². The maximum atomic E-state index is 13.2. The lowest BCUT2D eigenvalue weighted by atomic mass is 10.1. The Morgan fingerprint density at radius 1 is 0.875 bits per heavy atom. The average molecular weight is 428 g/mol. The number of nitrogens with zero attached hydrogens (tertiary/aromatic N) is 4. The monoisotopic (exact) mass is 428 g/mol. The number of rotatable bonds is 5. The lowest BCUT2D eigenvalue weighted by Gasteiger charge is -2.09. The minimum atomic E-state index is -0.534. The van der Waals surface area contributed by atoms with E-state index in [0.29, 0.717) is 10.9 Å². The summed E-state index contributed by atoms with van der Waals surface area (Å²) in [5.41, 5.74) is 0.743. The summed E-state index contributed by atoms with van der Waals surface area (Å²) in [5, 5.41) is 4.71. The highest BCUT2D eigenvalue weighted by Crippen LogP contribution is 2.13. The van der Waals surface area contributed by atoms with Crippen LogP contribution in [-0.2, 0) is 13.1 Å². The van der Waals surface area contributed by atoms with Crippen LogP contribution in [0.15, 0.2) is 88.5 Å². The maximum Gasteiger partial charge on any atom is 0.352 e. The van der Waals surface area contributed by atoms with E-state index in [2.05, 4.69) is 5.10 Å². The molecular formula is C24H17FN4O3. The van der Waals surface area contributed by atoms with Crippen molar-refractivity contribution < 1.29 is 9.18 Å². The van der Waals surface area contributed by atoms with Crippen LogP contribution in [0.3, 0.4) is 0 Å². The second-order valence-corrected chi connectivity index (χ2v) is 7.40. The highest BCUT2D eigenvalue weighted by molar-refractivity contribution is 5.95. The van der Waals surface area contributed by atoms with E-state index in [1.54, 1.807) is 24.3 Å². The number of Topliss-reactive ketones (excluding diaryl/α,β-unsaturated/α-hetero) is 1. The number of hydrogen-bond acceptors (Lipinski definition) is 4. The van der Waals surface area contributed by atoms with Crippen molar-refractivity contribution in [3.05, 3.63) is 117 Å². The first-order chi connectivity index (χ1) is 15.5. The molecule has 0 N–H and O–H groups in total. The summed E-state index contributed by atoms with van der Waals surface area (Å²) >= 11 is 0. The zero-order valence-corrected chi connectivity index (χ0v) is 16.8. The van der Waals surface area contributed by atoms with Crippen LogP contribution < -0.4 is 11.2 Å². The smallest absolute Gasteiger partial charge is 0.292 e. The Balaban J connectivity index is 1.69. The topological polar surface area (TPSA) is 78.4 Å². The Bertz CT molecular complexity index is 1580. The summed E-state index contributed by atoms with van der Waals surface area (Å²) in [5.74, 6) is -0.700. The lowest BCUT2D eigenvalue weighted by molar-refractivity contribution is 0.0966. The standard InChI is InChI=1S/C24H17FN4O3/c25-18-12-10-17(11-13-18)21(30)15-28-24(32)29-20-9-5-4-8-19(20)22(31)27(23(29)26-28)14-16-6-2-1-3-7-16/h1-13H,14-15H2. The van der Waals surface area contributed by atoms with Crippen molar-refractivity contribution in [2.75, 3.05) is 0 Å². The molecule has 0 spiro atoms. The van der Waals surface area contributed by atoms with E-state index in [9.17, 15) is 18.8 Å². The van der Waals surface area contributed by atoms with Crippen molar-refractivity contribution in [3.63, 3.8) is 0 Å². The second-order valence-electron chi connectivity index (χ2n) is 7.40. The van der Waals surface area contributed by atoms with Gasteiger partial charge in [0.25, 0.3) is 5.56 Å². The first kappa shape index (κ1) is 19.6. The molecule has 0 aliphatic rings. The van der Waals surface area contributed by atoms with Crippen molar-refractivity contribution in [3.8, 4) is 0 Å². The van der Waals surface area contributed by atoms with Gasteiger partial charge in [0.1, 0.15) is 12.4 Å². The third-order valence-electron chi connectivity index (χ3n) is 5.33. The summed E-state index contributed by atoms with van der Waals surface area (Å²) in [7, 11) is 0. The molecule has 0 aliphatic heterocycles. The van der Waals surface area contributed by atoms with Crippen LogP contribution in [-0.4, -0.2) is 24.5 Å². The third kappa shape index (κ3) is 3.31. The predicted molar refractivity (Wildman–Crippen MR) is 117 cm³/mol. The van der Waals surface area contributed by atoms with Crippen LogP contribution in [0, 0.1) is 5.82 Å². The van der Waals surface area contributed by atoms with Gasteiger partial charge in [-0.05, 0) is 42.0 Å². The van der Waals surface area contributed by atoms with E-state index in [1.165, 1.54) is 33.2 Å². The van der Waals surface area contributed by atoms with Crippen LogP contribution in [0.25, 0.3) is 16.7 Å².